The van der Waals surface area contributed by atoms with Crippen molar-refractivity contribution in [3.63, 3.8) is 0 Å². The molecular formula is C18H21N3O3S. The van der Waals surface area contributed by atoms with Crippen molar-refractivity contribution in [3.8, 4) is 17.2 Å². The van der Waals surface area contributed by atoms with Gasteiger partial charge in [0.2, 0.25) is 0 Å². The van der Waals surface area contributed by atoms with Crippen LogP contribution in [0, 0.1) is 0 Å². The number of hydrogen-bond acceptors (Lipinski definition) is 5. The van der Waals surface area contributed by atoms with E-state index in [9.17, 15) is 0 Å². The predicted molar refractivity (Wildman–Crippen MR) is 104 cm³/mol. The van der Waals surface area contributed by atoms with Crippen LogP contribution >= 0.6 is 12.2 Å². The summed E-state index contributed by atoms with van der Waals surface area (Å²) in [6.07, 6.45) is 1.65. The number of nitrogens with zero attached hydrogens (tertiary/aromatic N) is 1. The molecule has 0 saturated carbocycles. The molecule has 0 amide bonds. The van der Waals surface area contributed by atoms with Gasteiger partial charge in [0, 0.05) is 0 Å². The Bertz CT molecular complexity index is 750. The molecule has 2 aromatic carbocycles. The van der Waals surface area contributed by atoms with Crippen LogP contribution in [0.4, 0.5) is 5.69 Å². The average molecular weight is 359 g/mol. The van der Waals surface area contributed by atoms with Crippen molar-refractivity contribution in [2.75, 3.05) is 26.1 Å². The molecule has 7 heteroatoms. The maximum absolute atomic E-state index is 5.54. The van der Waals surface area contributed by atoms with E-state index in [-0.39, 0.29) is 0 Å². The first kappa shape index (κ1) is 18.5. The zero-order chi connectivity index (χ0) is 18.1. The maximum atomic E-state index is 5.54. The van der Waals surface area contributed by atoms with Crippen LogP contribution in [0.3, 0.4) is 0 Å². The van der Waals surface area contributed by atoms with Crippen molar-refractivity contribution in [2.24, 2.45) is 5.10 Å². The van der Waals surface area contributed by atoms with E-state index in [1.165, 1.54) is 0 Å². The summed E-state index contributed by atoms with van der Waals surface area (Å²) in [5, 5.41) is 7.53. The van der Waals surface area contributed by atoms with Crippen LogP contribution < -0.4 is 25.0 Å². The van der Waals surface area contributed by atoms with Gasteiger partial charge in [-0.2, -0.15) is 5.10 Å². The molecule has 0 heterocycles. The lowest BCUT2D eigenvalue weighted by Gasteiger charge is -2.11. The van der Waals surface area contributed by atoms with Crippen LogP contribution in [0.25, 0.3) is 0 Å². The number of hydrogen-bond donors (Lipinski definition) is 2. The molecule has 25 heavy (non-hydrogen) atoms. The van der Waals surface area contributed by atoms with Gasteiger partial charge in [-0.05, 0) is 55.0 Å². The number of para-hydroxylation sites is 2. The number of rotatable bonds is 7. The van der Waals surface area contributed by atoms with Crippen molar-refractivity contribution >= 4 is 29.2 Å². The van der Waals surface area contributed by atoms with Crippen molar-refractivity contribution < 1.29 is 14.2 Å². The highest BCUT2D eigenvalue weighted by Crippen LogP contribution is 2.27. The summed E-state index contributed by atoms with van der Waals surface area (Å²) in [7, 11) is 3.21. The van der Waals surface area contributed by atoms with Gasteiger partial charge in [0.25, 0.3) is 0 Å². The Morgan fingerprint density at radius 2 is 1.84 bits per heavy atom. The Hall–Kier alpha value is -2.80. The molecule has 0 aliphatic carbocycles. The third-order valence-electron chi connectivity index (χ3n) is 3.22. The molecule has 0 unspecified atom stereocenters. The van der Waals surface area contributed by atoms with Crippen LogP contribution in [0.5, 0.6) is 17.2 Å². The molecule has 0 fully saturated rings. The average Bonchev–Trinajstić information content (AvgIpc) is 2.63. The number of methoxy groups -OCH3 is 2. The number of benzene rings is 2. The third kappa shape index (κ3) is 5.36. The minimum atomic E-state index is 0.360. The van der Waals surface area contributed by atoms with E-state index in [1.807, 2.05) is 49.4 Å². The molecule has 0 bridgehead atoms. The zero-order valence-electron chi connectivity index (χ0n) is 14.4. The van der Waals surface area contributed by atoms with Crippen LogP contribution in [-0.4, -0.2) is 32.2 Å². The standard InChI is InChI=1S/C18H21N3O3S/c1-4-24-17-11-13(9-10-16(17)23-3)12-19-21-18(25)20-14-7-5-6-8-15(14)22-2/h5-12H,4H2,1-3H3,(H2,20,21,25)/b19-12-. The van der Waals surface area contributed by atoms with Crippen molar-refractivity contribution in [2.45, 2.75) is 6.92 Å². The third-order valence-corrected chi connectivity index (χ3v) is 3.42. The van der Waals surface area contributed by atoms with E-state index in [0.717, 1.165) is 11.3 Å². The number of anilines is 1. The molecule has 0 aromatic heterocycles. The Labute approximate surface area is 152 Å². The highest BCUT2D eigenvalue weighted by Gasteiger charge is 2.05. The van der Waals surface area contributed by atoms with Crippen LogP contribution in [0.2, 0.25) is 0 Å². The van der Waals surface area contributed by atoms with Gasteiger partial charge in [-0.15, -0.1) is 0 Å². The summed E-state index contributed by atoms with van der Waals surface area (Å²) < 4.78 is 16.1. The van der Waals surface area contributed by atoms with Gasteiger partial charge in [-0.25, -0.2) is 0 Å². The summed E-state index contributed by atoms with van der Waals surface area (Å²) in [5.74, 6) is 2.05. The Morgan fingerprint density at radius 1 is 1.08 bits per heavy atom. The number of hydrazone groups is 1. The van der Waals surface area contributed by atoms with Gasteiger partial charge in [0.15, 0.2) is 16.6 Å². The van der Waals surface area contributed by atoms with Crippen LogP contribution in [-0.2, 0) is 0 Å². The lowest BCUT2D eigenvalue weighted by atomic mass is 10.2. The smallest absolute Gasteiger partial charge is 0.191 e. The van der Waals surface area contributed by atoms with E-state index in [4.69, 9.17) is 26.4 Å². The molecule has 2 rings (SSSR count). The zero-order valence-corrected chi connectivity index (χ0v) is 15.2. The molecule has 0 atom stereocenters. The summed E-state index contributed by atoms with van der Waals surface area (Å²) in [5.41, 5.74) is 4.40. The highest BCUT2D eigenvalue weighted by molar-refractivity contribution is 7.80. The molecule has 0 aliphatic heterocycles. The second-order valence-electron chi connectivity index (χ2n) is 4.87. The molecule has 6 nitrogen and oxygen atoms in total. The minimum Gasteiger partial charge on any atom is -0.495 e. The lowest BCUT2D eigenvalue weighted by Crippen LogP contribution is -2.24. The largest absolute Gasteiger partial charge is 0.495 e. The summed E-state index contributed by atoms with van der Waals surface area (Å²) in [6.45, 7) is 2.48. The highest BCUT2D eigenvalue weighted by atomic mass is 32.1. The van der Waals surface area contributed by atoms with E-state index < -0.39 is 0 Å². The van der Waals surface area contributed by atoms with Crippen molar-refractivity contribution in [3.05, 3.63) is 48.0 Å². The Morgan fingerprint density at radius 3 is 2.56 bits per heavy atom. The second kappa shape index (κ2) is 9.48. The summed E-state index contributed by atoms with van der Waals surface area (Å²) >= 11 is 5.23. The number of thiocarbonyl (C=S) groups is 1. The fourth-order valence-electron chi connectivity index (χ4n) is 2.11. The monoisotopic (exact) mass is 359 g/mol. The van der Waals surface area contributed by atoms with Crippen molar-refractivity contribution in [1.29, 1.82) is 0 Å². The molecule has 0 saturated heterocycles. The van der Waals surface area contributed by atoms with E-state index >= 15 is 0 Å². The van der Waals surface area contributed by atoms with Crippen molar-refractivity contribution in [1.82, 2.24) is 5.43 Å². The topological polar surface area (TPSA) is 64.1 Å². The number of nitrogens with one attached hydrogen (secondary N) is 2. The number of ether oxygens (including phenoxy) is 3. The fourth-order valence-corrected chi connectivity index (χ4v) is 2.27. The molecule has 2 aromatic rings. The first-order chi connectivity index (χ1) is 12.2. The van der Waals surface area contributed by atoms with E-state index in [1.54, 1.807) is 20.4 Å². The predicted octanol–water partition coefficient (Wildman–Crippen LogP) is 3.42. The molecular weight excluding hydrogens is 338 g/mol. The van der Waals surface area contributed by atoms with Gasteiger partial charge in [0.05, 0.1) is 32.7 Å². The van der Waals surface area contributed by atoms with Crippen LogP contribution in [0.1, 0.15) is 12.5 Å². The molecule has 0 spiro atoms. The van der Waals surface area contributed by atoms with Gasteiger partial charge in [-0.1, -0.05) is 12.1 Å². The Kier molecular flexibility index (Phi) is 7.03. The maximum Gasteiger partial charge on any atom is 0.191 e. The van der Waals surface area contributed by atoms with Gasteiger partial charge in [-0.3, -0.25) is 5.43 Å². The van der Waals surface area contributed by atoms with Gasteiger partial charge >= 0.3 is 0 Å². The van der Waals surface area contributed by atoms with E-state index in [0.29, 0.717) is 29.0 Å². The second-order valence-corrected chi connectivity index (χ2v) is 5.28. The molecule has 0 radical (unpaired) electrons. The fraction of sp³-hybridized carbons (Fsp3) is 0.222. The molecule has 0 aliphatic rings. The minimum absolute atomic E-state index is 0.360. The quantitative estimate of drug-likeness (QED) is 0.449. The first-order valence-electron chi connectivity index (χ1n) is 7.71. The van der Waals surface area contributed by atoms with Gasteiger partial charge in [0.1, 0.15) is 5.75 Å². The summed E-state index contributed by atoms with van der Waals surface area (Å²) in [4.78, 5) is 0. The normalized spacial score (nSPS) is 10.4. The first-order valence-corrected chi connectivity index (χ1v) is 8.12. The lowest BCUT2D eigenvalue weighted by molar-refractivity contribution is 0.311. The molecule has 2 N–H and O–H groups in total. The molecule has 132 valence electrons. The van der Waals surface area contributed by atoms with Gasteiger partial charge < -0.3 is 19.5 Å². The summed E-state index contributed by atoms with van der Waals surface area (Å²) in [6, 6.07) is 13.1. The van der Waals surface area contributed by atoms with Crippen LogP contribution in [0.15, 0.2) is 47.6 Å². The van der Waals surface area contributed by atoms with E-state index in [2.05, 4.69) is 15.8 Å². The Balaban J connectivity index is 1.98. The SMILES string of the molecule is CCOc1cc(/C=N\NC(=S)Nc2ccccc2OC)ccc1OC.